The molecule has 1 N–H and O–H groups in total. The normalized spacial score (nSPS) is 18.3. The number of nitrogens with zero attached hydrogens (tertiary/aromatic N) is 2. The van der Waals surface area contributed by atoms with E-state index in [0.29, 0.717) is 5.84 Å². The molecule has 0 aliphatic carbocycles. The number of carboxylic acids is 1. The van der Waals surface area contributed by atoms with Crippen molar-refractivity contribution in [2.24, 2.45) is 4.99 Å². The lowest BCUT2D eigenvalue weighted by Crippen LogP contribution is -2.25. The topological polar surface area (TPSA) is 70.0 Å². The van der Waals surface area contributed by atoms with Crippen molar-refractivity contribution in [3.05, 3.63) is 23.9 Å². The van der Waals surface area contributed by atoms with Crippen LogP contribution in [0.5, 0.6) is 0 Å². The van der Waals surface area contributed by atoms with Crippen molar-refractivity contribution in [2.75, 3.05) is 6.54 Å². The van der Waals surface area contributed by atoms with Crippen molar-refractivity contribution in [3.63, 3.8) is 0 Å². The number of halogens is 1. The molecule has 0 aromatic rings. The van der Waals surface area contributed by atoms with Gasteiger partial charge in [0.2, 0.25) is 0 Å². The number of carbonyl (C=O) groups excluding carboxylic acids is 1. The highest BCUT2D eigenvalue weighted by molar-refractivity contribution is 6.10. The van der Waals surface area contributed by atoms with Crippen LogP contribution in [0.2, 0.25) is 0 Å². The molecule has 14 heavy (non-hydrogen) atoms. The zero-order chi connectivity index (χ0) is 9.42. The summed E-state index contributed by atoms with van der Waals surface area (Å²) in [5.41, 5.74) is 0.161. The van der Waals surface area contributed by atoms with E-state index in [-0.39, 0.29) is 30.4 Å². The standard InChI is InChI=1S/C8H6N2O3.ClH/c11-7-4-10-3-5(8(12)13)1-2-6(10)9-7;/h1-3H,4H2,(H,12,13);1H. The van der Waals surface area contributed by atoms with Crippen LogP contribution in [0.25, 0.3) is 0 Å². The van der Waals surface area contributed by atoms with Gasteiger partial charge in [0.15, 0.2) is 0 Å². The van der Waals surface area contributed by atoms with Crippen LogP contribution >= 0.6 is 12.4 Å². The minimum atomic E-state index is -1.00. The number of carbonyl (C=O) groups is 2. The predicted molar refractivity (Wildman–Crippen MR) is 51.3 cm³/mol. The molecule has 74 valence electrons. The Kier molecular flexibility index (Phi) is 2.71. The van der Waals surface area contributed by atoms with Crippen molar-refractivity contribution in [3.8, 4) is 0 Å². The Balaban J connectivity index is 0.000000980. The second kappa shape index (κ2) is 3.63. The van der Waals surface area contributed by atoms with E-state index in [9.17, 15) is 9.59 Å². The van der Waals surface area contributed by atoms with Gasteiger partial charge in [0.05, 0.1) is 5.57 Å². The molecule has 0 atom stereocenters. The van der Waals surface area contributed by atoms with E-state index in [2.05, 4.69) is 4.99 Å². The summed E-state index contributed by atoms with van der Waals surface area (Å²) in [6.45, 7) is 0.135. The minimum Gasteiger partial charge on any atom is -0.478 e. The zero-order valence-corrected chi connectivity index (χ0v) is 7.82. The maximum atomic E-state index is 10.8. The van der Waals surface area contributed by atoms with Gasteiger partial charge in [0, 0.05) is 6.20 Å². The first-order valence-electron chi connectivity index (χ1n) is 3.68. The van der Waals surface area contributed by atoms with Crippen molar-refractivity contribution in [1.82, 2.24) is 4.90 Å². The first kappa shape index (κ1) is 10.5. The van der Waals surface area contributed by atoms with E-state index >= 15 is 0 Å². The summed E-state index contributed by atoms with van der Waals surface area (Å²) < 4.78 is 0. The van der Waals surface area contributed by atoms with E-state index < -0.39 is 5.97 Å². The second-order valence-corrected chi connectivity index (χ2v) is 2.71. The summed E-state index contributed by atoms with van der Waals surface area (Å²) in [6, 6.07) is 0. The van der Waals surface area contributed by atoms with Gasteiger partial charge in [-0.25, -0.2) is 4.79 Å². The van der Waals surface area contributed by atoms with Crippen molar-refractivity contribution >= 4 is 30.1 Å². The number of hydrogen-bond donors (Lipinski definition) is 1. The average molecular weight is 215 g/mol. The maximum Gasteiger partial charge on any atom is 0.337 e. The molecular formula is C8H7ClN2O3. The van der Waals surface area contributed by atoms with Gasteiger partial charge in [-0.2, -0.15) is 4.99 Å². The Morgan fingerprint density at radius 2 is 2.21 bits per heavy atom. The summed E-state index contributed by atoms with van der Waals surface area (Å²) in [6.07, 6.45) is 4.36. The highest BCUT2D eigenvalue weighted by Gasteiger charge is 2.23. The molecule has 0 bridgehead atoms. The maximum absolute atomic E-state index is 10.8. The predicted octanol–water partition coefficient (Wildman–Crippen LogP) is 0.187. The molecule has 2 aliphatic heterocycles. The number of aliphatic carboxylic acids is 1. The lowest BCUT2D eigenvalue weighted by molar-refractivity contribution is -0.132. The van der Waals surface area contributed by atoms with Crippen LogP contribution in [-0.4, -0.2) is 34.3 Å². The molecular weight excluding hydrogens is 208 g/mol. The van der Waals surface area contributed by atoms with Crippen LogP contribution in [0.15, 0.2) is 28.9 Å². The van der Waals surface area contributed by atoms with E-state index in [1.807, 2.05) is 0 Å². The monoisotopic (exact) mass is 214 g/mol. The van der Waals surface area contributed by atoms with Crippen molar-refractivity contribution < 1.29 is 14.7 Å². The second-order valence-electron chi connectivity index (χ2n) is 2.71. The fraction of sp³-hybridized carbons (Fsp3) is 0.125. The van der Waals surface area contributed by atoms with Gasteiger partial charge < -0.3 is 10.0 Å². The van der Waals surface area contributed by atoms with Crippen LogP contribution in [0, 0.1) is 0 Å². The molecule has 0 saturated heterocycles. The third-order valence-corrected chi connectivity index (χ3v) is 1.79. The van der Waals surface area contributed by atoms with Crippen LogP contribution in [-0.2, 0) is 9.59 Å². The molecule has 0 saturated carbocycles. The smallest absolute Gasteiger partial charge is 0.337 e. The van der Waals surface area contributed by atoms with E-state index in [4.69, 9.17) is 5.11 Å². The Morgan fingerprint density at radius 3 is 2.86 bits per heavy atom. The number of amides is 1. The Morgan fingerprint density at radius 1 is 1.50 bits per heavy atom. The highest BCUT2D eigenvalue weighted by atomic mass is 35.5. The van der Waals surface area contributed by atoms with E-state index in [1.165, 1.54) is 23.3 Å². The molecule has 2 heterocycles. The number of amidine groups is 1. The first-order valence-corrected chi connectivity index (χ1v) is 3.68. The van der Waals surface area contributed by atoms with Gasteiger partial charge >= 0.3 is 5.97 Å². The summed E-state index contributed by atoms with van der Waals surface area (Å²) in [7, 11) is 0. The molecule has 0 aromatic heterocycles. The van der Waals surface area contributed by atoms with Gasteiger partial charge in [-0.1, -0.05) is 0 Å². The molecule has 2 aliphatic rings. The van der Waals surface area contributed by atoms with Gasteiger partial charge in [-0.15, -0.1) is 12.4 Å². The Hall–Kier alpha value is -1.62. The lowest BCUT2D eigenvalue weighted by atomic mass is 10.2. The van der Waals surface area contributed by atoms with Crippen LogP contribution in [0.1, 0.15) is 0 Å². The molecule has 0 unspecified atom stereocenters. The lowest BCUT2D eigenvalue weighted by Gasteiger charge is -2.15. The van der Waals surface area contributed by atoms with Gasteiger partial charge in [0.25, 0.3) is 5.91 Å². The molecule has 0 fully saturated rings. The minimum absolute atomic E-state index is 0. The summed E-state index contributed by atoms with van der Waals surface area (Å²) in [5.74, 6) is -0.743. The Bertz CT molecular complexity index is 384. The summed E-state index contributed by atoms with van der Waals surface area (Å²) >= 11 is 0. The number of rotatable bonds is 1. The molecule has 5 nitrogen and oxygen atoms in total. The molecule has 2 rings (SSSR count). The fourth-order valence-electron chi connectivity index (χ4n) is 1.20. The largest absolute Gasteiger partial charge is 0.478 e. The van der Waals surface area contributed by atoms with Gasteiger partial charge in [0.1, 0.15) is 12.4 Å². The van der Waals surface area contributed by atoms with Crippen molar-refractivity contribution in [1.29, 1.82) is 0 Å². The van der Waals surface area contributed by atoms with E-state index in [1.54, 1.807) is 0 Å². The van der Waals surface area contributed by atoms with Crippen LogP contribution < -0.4 is 0 Å². The van der Waals surface area contributed by atoms with Gasteiger partial charge in [-0.3, -0.25) is 4.79 Å². The number of aliphatic imine (C=N–C) groups is 1. The molecule has 0 radical (unpaired) electrons. The highest BCUT2D eigenvalue weighted by Crippen LogP contribution is 2.14. The average Bonchev–Trinajstić information content (AvgIpc) is 2.42. The molecule has 0 aromatic carbocycles. The summed E-state index contributed by atoms with van der Waals surface area (Å²) in [5, 5.41) is 8.65. The number of carboxylic acid groups (broad SMARTS) is 1. The molecule has 6 heteroatoms. The van der Waals surface area contributed by atoms with Crippen molar-refractivity contribution in [2.45, 2.75) is 0 Å². The zero-order valence-electron chi connectivity index (χ0n) is 7.01. The first-order chi connectivity index (χ1) is 6.16. The van der Waals surface area contributed by atoms with Gasteiger partial charge in [-0.05, 0) is 12.2 Å². The third-order valence-electron chi connectivity index (χ3n) is 1.79. The summed E-state index contributed by atoms with van der Waals surface area (Å²) in [4.78, 5) is 26.6. The fourth-order valence-corrected chi connectivity index (χ4v) is 1.20. The Labute approximate surface area is 85.8 Å². The SMILES string of the molecule is Cl.O=C1CN2C=C(C(=O)O)C=CC2=N1. The van der Waals surface area contributed by atoms with Crippen LogP contribution in [0.3, 0.4) is 0 Å². The van der Waals surface area contributed by atoms with E-state index in [0.717, 1.165) is 0 Å². The number of fused-ring (bicyclic) bond motifs is 1. The molecule has 0 spiro atoms. The quantitative estimate of drug-likeness (QED) is 0.676. The van der Waals surface area contributed by atoms with Crippen LogP contribution in [0.4, 0.5) is 0 Å². The molecule has 1 amide bonds. The number of hydrogen-bond acceptors (Lipinski definition) is 3. The third kappa shape index (κ3) is 1.67.